The molecule has 1 N–H and O–H groups in total. The van der Waals surface area contributed by atoms with Gasteiger partial charge in [0.2, 0.25) is 0 Å². The molecule has 0 saturated heterocycles. The first-order chi connectivity index (χ1) is 5.87. The summed E-state index contributed by atoms with van der Waals surface area (Å²) < 4.78 is 0. The largest absolute Gasteiger partial charge is 0.314 e. The van der Waals surface area contributed by atoms with Crippen molar-refractivity contribution in [3.63, 3.8) is 0 Å². The molecule has 0 aromatic rings. The molecule has 0 saturated carbocycles. The van der Waals surface area contributed by atoms with Gasteiger partial charge in [0.15, 0.2) is 0 Å². The fraction of sp³-hybridized carbons (Fsp3) is 1.00. The summed E-state index contributed by atoms with van der Waals surface area (Å²) in [6, 6.07) is 0.660. The van der Waals surface area contributed by atoms with Crippen LogP contribution in [0.5, 0.6) is 0 Å². The average Bonchev–Trinajstić information content (AvgIpc) is 1.99. The van der Waals surface area contributed by atoms with Crippen LogP contribution in [0.25, 0.3) is 0 Å². The van der Waals surface area contributed by atoms with E-state index < -0.39 is 0 Å². The lowest BCUT2D eigenvalue weighted by atomic mass is 9.85. The van der Waals surface area contributed by atoms with Gasteiger partial charge < -0.3 is 5.32 Å². The number of hydrogen-bond acceptors (Lipinski definition) is 1. The van der Waals surface area contributed by atoms with E-state index >= 15 is 0 Å². The van der Waals surface area contributed by atoms with E-state index in [0.717, 1.165) is 12.5 Å². The summed E-state index contributed by atoms with van der Waals surface area (Å²) in [4.78, 5) is 0. The van der Waals surface area contributed by atoms with Gasteiger partial charge in [-0.05, 0) is 37.6 Å². The molecule has 0 aromatic carbocycles. The van der Waals surface area contributed by atoms with Crippen molar-refractivity contribution in [1.29, 1.82) is 0 Å². The van der Waals surface area contributed by atoms with Crippen molar-refractivity contribution in [3.8, 4) is 0 Å². The quantitative estimate of drug-likeness (QED) is 0.692. The molecule has 80 valence electrons. The Kier molecular flexibility index (Phi) is 5.62. The topological polar surface area (TPSA) is 12.0 Å². The first-order valence-electron chi connectivity index (χ1n) is 5.60. The molecule has 0 radical (unpaired) electrons. The molecule has 0 aliphatic rings. The van der Waals surface area contributed by atoms with Gasteiger partial charge in [0, 0.05) is 6.04 Å². The van der Waals surface area contributed by atoms with Crippen LogP contribution in [0, 0.1) is 11.3 Å². The van der Waals surface area contributed by atoms with Gasteiger partial charge in [0.25, 0.3) is 0 Å². The van der Waals surface area contributed by atoms with Crippen LogP contribution in [0.2, 0.25) is 0 Å². The third-order valence-corrected chi connectivity index (χ3v) is 2.73. The van der Waals surface area contributed by atoms with Gasteiger partial charge in [0.1, 0.15) is 0 Å². The lowest BCUT2D eigenvalue weighted by molar-refractivity contribution is 0.297. The van der Waals surface area contributed by atoms with Crippen LogP contribution < -0.4 is 5.32 Å². The van der Waals surface area contributed by atoms with Crippen molar-refractivity contribution in [2.45, 2.75) is 60.4 Å². The number of rotatable bonds is 5. The standard InChI is InChI=1S/C12H27N/c1-7-13-11(3)10(2)8-9-12(4,5)6/h10-11,13H,7-9H2,1-6H3. The summed E-state index contributed by atoms with van der Waals surface area (Å²) >= 11 is 0. The first-order valence-corrected chi connectivity index (χ1v) is 5.60. The fourth-order valence-electron chi connectivity index (χ4n) is 1.43. The van der Waals surface area contributed by atoms with Crippen molar-refractivity contribution in [3.05, 3.63) is 0 Å². The molecule has 1 heteroatoms. The van der Waals surface area contributed by atoms with Crippen LogP contribution in [-0.4, -0.2) is 12.6 Å². The van der Waals surface area contributed by atoms with E-state index in [4.69, 9.17) is 0 Å². The number of hydrogen-bond donors (Lipinski definition) is 1. The predicted molar refractivity (Wildman–Crippen MR) is 61.0 cm³/mol. The third-order valence-electron chi connectivity index (χ3n) is 2.73. The molecule has 0 aliphatic heterocycles. The van der Waals surface area contributed by atoms with Crippen LogP contribution in [0.15, 0.2) is 0 Å². The summed E-state index contributed by atoms with van der Waals surface area (Å²) in [6.45, 7) is 14.8. The molecule has 0 aliphatic carbocycles. The molecule has 0 rings (SSSR count). The Bertz CT molecular complexity index is 124. The zero-order valence-electron chi connectivity index (χ0n) is 10.3. The first kappa shape index (κ1) is 13.0. The van der Waals surface area contributed by atoms with E-state index in [0.29, 0.717) is 11.5 Å². The molecular weight excluding hydrogens is 158 g/mol. The number of nitrogens with one attached hydrogen (secondary N) is 1. The van der Waals surface area contributed by atoms with Gasteiger partial charge in [0.05, 0.1) is 0 Å². The highest BCUT2D eigenvalue weighted by molar-refractivity contribution is 4.71. The smallest absolute Gasteiger partial charge is 0.00642 e. The Morgan fingerprint density at radius 3 is 2.08 bits per heavy atom. The van der Waals surface area contributed by atoms with Crippen LogP contribution in [0.1, 0.15) is 54.4 Å². The van der Waals surface area contributed by atoms with Crippen LogP contribution in [-0.2, 0) is 0 Å². The van der Waals surface area contributed by atoms with Crippen LogP contribution >= 0.6 is 0 Å². The summed E-state index contributed by atoms with van der Waals surface area (Å²) in [5, 5.41) is 3.48. The van der Waals surface area contributed by atoms with E-state index in [1.54, 1.807) is 0 Å². The minimum Gasteiger partial charge on any atom is -0.314 e. The van der Waals surface area contributed by atoms with Gasteiger partial charge >= 0.3 is 0 Å². The van der Waals surface area contributed by atoms with Crippen molar-refractivity contribution >= 4 is 0 Å². The second-order valence-electron chi connectivity index (χ2n) is 5.42. The zero-order valence-corrected chi connectivity index (χ0v) is 10.3. The van der Waals surface area contributed by atoms with Gasteiger partial charge in [-0.15, -0.1) is 0 Å². The highest BCUT2D eigenvalue weighted by atomic mass is 14.9. The SMILES string of the molecule is CCNC(C)C(C)CCC(C)(C)C. The lowest BCUT2D eigenvalue weighted by Crippen LogP contribution is -2.32. The molecule has 0 aromatic heterocycles. The molecule has 0 bridgehead atoms. The summed E-state index contributed by atoms with van der Waals surface area (Å²) in [6.07, 6.45) is 2.65. The summed E-state index contributed by atoms with van der Waals surface area (Å²) in [7, 11) is 0. The Morgan fingerprint density at radius 1 is 1.15 bits per heavy atom. The van der Waals surface area contributed by atoms with Gasteiger partial charge in [-0.25, -0.2) is 0 Å². The predicted octanol–water partition coefficient (Wildman–Crippen LogP) is 3.45. The van der Waals surface area contributed by atoms with E-state index in [9.17, 15) is 0 Å². The van der Waals surface area contributed by atoms with Crippen LogP contribution in [0.4, 0.5) is 0 Å². The monoisotopic (exact) mass is 185 g/mol. The third kappa shape index (κ3) is 7.06. The van der Waals surface area contributed by atoms with Crippen LogP contribution in [0.3, 0.4) is 0 Å². The maximum atomic E-state index is 3.48. The molecule has 1 nitrogen and oxygen atoms in total. The molecular formula is C12H27N. The zero-order chi connectivity index (χ0) is 10.5. The summed E-state index contributed by atoms with van der Waals surface area (Å²) in [5.41, 5.74) is 0.486. The normalized spacial score (nSPS) is 17.1. The van der Waals surface area contributed by atoms with Crippen molar-refractivity contribution < 1.29 is 0 Å². The van der Waals surface area contributed by atoms with E-state index in [-0.39, 0.29) is 0 Å². The van der Waals surface area contributed by atoms with Gasteiger partial charge in [-0.2, -0.15) is 0 Å². The fourth-order valence-corrected chi connectivity index (χ4v) is 1.43. The van der Waals surface area contributed by atoms with Crippen molar-refractivity contribution in [2.24, 2.45) is 11.3 Å². The van der Waals surface area contributed by atoms with Crippen molar-refractivity contribution in [2.75, 3.05) is 6.54 Å². The Labute approximate surface area is 84.3 Å². The van der Waals surface area contributed by atoms with Gasteiger partial charge in [-0.3, -0.25) is 0 Å². The summed E-state index contributed by atoms with van der Waals surface area (Å²) in [5.74, 6) is 0.791. The molecule has 2 unspecified atom stereocenters. The highest BCUT2D eigenvalue weighted by Gasteiger charge is 2.15. The molecule has 0 spiro atoms. The molecule has 2 atom stereocenters. The maximum Gasteiger partial charge on any atom is 0.00642 e. The lowest BCUT2D eigenvalue weighted by Gasteiger charge is -2.25. The van der Waals surface area contributed by atoms with E-state index in [1.165, 1.54) is 12.8 Å². The average molecular weight is 185 g/mol. The Balaban J connectivity index is 3.67. The van der Waals surface area contributed by atoms with E-state index in [2.05, 4.69) is 46.9 Å². The molecule has 0 heterocycles. The Hall–Kier alpha value is -0.0400. The second-order valence-corrected chi connectivity index (χ2v) is 5.42. The Morgan fingerprint density at radius 2 is 1.69 bits per heavy atom. The van der Waals surface area contributed by atoms with E-state index in [1.807, 2.05) is 0 Å². The molecule has 13 heavy (non-hydrogen) atoms. The minimum absolute atomic E-state index is 0.486. The minimum atomic E-state index is 0.486. The van der Waals surface area contributed by atoms with Gasteiger partial charge in [-0.1, -0.05) is 34.6 Å². The van der Waals surface area contributed by atoms with Crippen molar-refractivity contribution in [1.82, 2.24) is 5.32 Å². The molecule has 0 fully saturated rings. The molecule has 0 amide bonds. The second kappa shape index (κ2) is 5.64. The highest BCUT2D eigenvalue weighted by Crippen LogP contribution is 2.24. The maximum absolute atomic E-state index is 3.48.